The second-order valence-corrected chi connectivity index (χ2v) is 7.20. The van der Waals surface area contributed by atoms with Gasteiger partial charge in [0, 0.05) is 38.8 Å². The summed E-state index contributed by atoms with van der Waals surface area (Å²) in [5.41, 5.74) is 0. The van der Waals surface area contributed by atoms with Crippen LogP contribution < -0.4 is 5.32 Å². The lowest BCUT2D eigenvalue weighted by Gasteiger charge is -2.37. The fourth-order valence-corrected chi connectivity index (χ4v) is 3.66. The quantitative estimate of drug-likeness (QED) is 0.739. The molecule has 2 heterocycles. The lowest BCUT2D eigenvalue weighted by atomic mass is 10.1. The minimum Gasteiger partial charge on any atom is -0.374 e. The van der Waals surface area contributed by atoms with Crippen LogP contribution in [0.2, 0.25) is 0 Å². The van der Waals surface area contributed by atoms with Gasteiger partial charge in [0.05, 0.1) is 12.7 Å². The van der Waals surface area contributed by atoms with Crippen molar-refractivity contribution in [1.29, 1.82) is 0 Å². The SMILES string of the molecule is CCCN(CC1CCCN1)CC1CN(CC(C)C)CCO1. The molecule has 0 aromatic rings. The third-order valence-corrected chi connectivity index (χ3v) is 4.49. The first-order valence-electron chi connectivity index (χ1n) is 8.97. The van der Waals surface area contributed by atoms with Crippen molar-refractivity contribution in [1.82, 2.24) is 15.1 Å². The summed E-state index contributed by atoms with van der Waals surface area (Å²) in [6, 6.07) is 0.701. The van der Waals surface area contributed by atoms with Crippen LogP contribution in [0.3, 0.4) is 0 Å². The summed E-state index contributed by atoms with van der Waals surface area (Å²) in [5, 5.41) is 3.62. The van der Waals surface area contributed by atoms with E-state index in [1.807, 2.05) is 0 Å². The summed E-state index contributed by atoms with van der Waals surface area (Å²) in [6.07, 6.45) is 4.30. The zero-order valence-electron chi connectivity index (χ0n) is 14.3. The first-order valence-corrected chi connectivity index (χ1v) is 8.97. The largest absolute Gasteiger partial charge is 0.374 e. The maximum Gasteiger partial charge on any atom is 0.0829 e. The molecule has 0 bridgehead atoms. The van der Waals surface area contributed by atoms with Crippen LogP contribution in [0.5, 0.6) is 0 Å². The van der Waals surface area contributed by atoms with E-state index in [4.69, 9.17) is 4.74 Å². The molecule has 4 heteroatoms. The first kappa shape index (κ1) is 17.2. The van der Waals surface area contributed by atoms with E-state index < -0.39 is 0 Å². The molecule has 0 aromatic heterocycles. The molecule has 2 unspecified atom stereocenters. The molecule has 2 fully saturated rings. The van der Waals surface area contributed by atoms with Crippen molar-refractivity contribution in [2.75, 3.05) is 52.4 Å². The third kappa shape index (κ3) is 6.23. The Balaban J connectivity index is 1.77. The standard InChI is InChI=1S/C17H35N3O/c1-4-8-19(12-16-6-5-7-18-16)13-17-14-20(9-10-21-17)11-15(2)3/h15-18H,4-14H2,1-3H3. The van der Waals surface area contributed by atoms with Gasteiger partial charge >= 0.3 is 0 Å². The Morgan fingerprint density at radius 3 is 2.86 bits per heavy atom. The van der Waals surface area contributed by atoms with Crippen LogP contribution in [0.15, 0.2) is 0 Å². The summed E-state index contributed by atoms with van der Waals surface area (Å²) < 4.78 is 6.03. The molecule has 1 N–H and O–H groups in total. The van der Waals surface area contributed by atoms with Crippen molar-refractivity contribution < 1.29 is 4.74 Å². The smallest absolute Gasteiger partial charge is 0.0829 e. The van der Waals surface area contributed by atoms with Crippen LogP contribution in [-0.2, 0) is 4.74 Å². The second-order valence-electron chi connectivity index (χ2n) is 7.20. The van der Waals surface area contributed by atoms with Gasteiger partial charge in [-0.15, -0.1) is 0 Å². The molecular weight excluding hydrogens is 262 g/mol. The fraction of sp³-hybridized carbons (Fsp3) is 1.00. The third-order valence-electron chi connectivity index (χ3n) is 4.49. The van der Waals surface area contributed by atoms with E-state index in [1.165, 1.54) is 45.4 Å². The number of nitrogens with one attached hydrogen (secondary N) is 1. The minimum absolute atomic E-state index is 0.394. The van der Waals surface area contributed by atoms with E-state index >= 15 is 0 Å². The molecule has 0 aliphatic carbocycles. The second kappa shape index (κ2) is 9.09. The van der Waals surface area contributed by atoms with Gasteiger partial charge in [-0.1, -0.05) is 20.8 Å². The average molecular weight is 297 g/mol. The predicted octanol–water partition coefficient (Wildman–Crippen LogP) is 1.81. The monoisotopic (exact) mass is 297 g/mol. The van der Waals surface area contributed by atoms with E-state index in [-0.39, 0.29) is 0 Å². The highest BCUT2D eigenvalue weighted by molar-refractivity contribution is 4.81. The maximum atomic E-state index is 6.03. The molecule has 0 amide bonds. The molecule has 2 atom stereocenters. The van der Waals surface area contributed by atoms with Crippen LogP contribution >= 0.6 is 0 Å². The lowest BCUT2D eigenvalue weighted by Crippen LogP contribution is -2.50. The Hall–Kier alpha value is -0.160. The summed E-state index contributed by atoms with van der Waals surface area (Å²) in [5.74, 6) is 0.748. The molecule has 4 nitrogen and oxygen atoms in total. The molecule has 2 aliphatic heterocycles. The van der Waals surface area contributed by atoms with Gasteiger partial charge in [-0.25, -0.2) is 0 Å². The zero-order valence-corrected chi connectivity index (χ0v) is 14.3. The van der Waals surface area contributed by atoms with E-state index in [0.29, 0.717) is 12.1 Å². The van der Waals surface area contributed by atoms with E-state index in [2.05, 4.69) is 35.9 Å². The van der Waals surface area contributed by atoms with Gasteiger partial charge in [-0.2, -0.15) is 0 Å². The molecule has 2 aliphatic rings. The first-order chi connectivity index (χ1) is 10.2. The number of nitrogens with zero attached hydrogens (tertiary/aromatic N) is 2. The van der Waals surface area contributed by atoms with Crippen LogP contribution in [0.25, 0.3) is 0 Å². The molecular formula is C17H35N3O. The highest BCUT2D eigenvalue weighted by atomic mass is 16.5. The van der Waals surface area contributed by atoms with Crippen molar-refractivity contribution in [2.24, 2.45) is 5.92 Å². The molecule has 2 rings (SSSR count). The molecule has 0 spiro atoms. The van der Waals surface area contributed by atoms with Gasteiger partial charge in [-0.05, 0) is 38.3 Å². The van der Waals surface area contributed by atoms with Crippen molar-refractivity contribution >= 4 is 0 Å². The maximum absolute atomic E-state index is 6.03. The van der Waals surface area contributed by atoms with Gasteiger partial charge in [0.1, 0.15) is 0 Å². The summed E-state index contributed by atoms with van der Waals surface area (Å²) in [4.78, 5) is 5.20. The van der Waals surface area contributed by atoms with Gasteiger partial charge in [0.25, 0.3) is 0 Å². The van der Waals surface area contributed by atoms with Crippen LogP contribution in [0.4, 0.5) is 0 Å². The molecule has 2 saturated heterocycles. The number of rotatable bonds is 8. The Bertz CT molecular complexity index is 279. The molecule has 21 heavy (non-hydrogen) atoms. The Labute approximate surface area is 131 Å². The van der Waals surface area contributed by atoms with E-state index in [0.717, 1.165) is 32.2 Å². The number of ether oxygens (including phenoxy) is 1. The Morgan fingerprint density at radius 2 is 2.19 bits per heavy atom. The van der Waals surface area contributed by atoms with Crippen LogP contribution in [-0.4, -0.2) is 74.4 Å². The van der Waals surface area contributed by atoms with Crippen LogP contribution in [0, 0.1) is 5.92 Å². The highest BCUT2D eigenvalue weighted by Crippen LogP contribution is 2.12. The van der Waals surface area contributed by atoms with Crippen molar-refractivity contribution in [3.05, 3.63) is 0 Å². The summed E-state index contributed by atoms with van der Waals surface area (Å²) in [6.45, 7) is 15.9. The van der Waals surface area contributed by atoms with Gasteiger partial charge < -0.3 is 10.1 Å². The minimum atomic E-state index is 0.394. The topological polar surface area (TPSA) is 27.7 Å². The molecule has 124 valence electrons. The molecule has 0 aromatic carbocycles. The van der Waals surface area contributed by atoms with Gasteiger partial charge in [0.2, 0.25) is 0 Å². The number of hydrogen-bond acceptors (Lipinski definition) is 4. The Morgan fingerprint density at radius 1 is 1.33 bits per heavy atom. The average Bonchev–Trinajstić information content (AvgIpc) is 2.91. The summed E-state index contributed by atoms with van der Waals surface area (Å²) >= 11 is 0. The number of hydrogen-bond donors (Lipinski definition) is 1. The van der Waals surface area contributed by atoms with E-state index in [1.54, 1.807) is 0 Å². The van der Waals surface area contributed by atoms with Crippen molar-refractivity contribution in [3.8, 4) is 0 Å². The molecule has 0 saturated carbocycles. The van der Waals surface area contributed by atoms with Gasteiger partial charge in [-0.3, -0.25) is 9.80 Å². The predicted molar refractivity (Wildman–Crippen MR) is 88.8 cm³/mol. The van der Waals surface area contributed by atoms with E-state index in [9.17, 15) is 0 Å². The van der Waals surface area contributed by atoms with Crippen LogP contribution in [0.1, 0.15) is 40.0 Å². The molecule has 0 radical (unpaired) electrons. The number of morpholine rings is 1. The van der Waals surface area contributed by atoms with Gasteiger partial charge in [0.15, 0.2) is 0 Å². The Kier molecular flexibility index (Phi) is 7.44. The van der Waals surface area contributed by atoms with Crippen molar-refractivity contribution in [3.63, 3.8) is 0 Å². The fourth-order valence-electron chi connectivity index (χ4n) is 3.66. The summed E-state index contributed by atoms with van der Waals surface area (Å²) in [7, 11) is 0. The van der Waals surface area contributed by atoms with Crippen molar-refractivity contribution in [2.45, 2.75) is 52.2 Å². The zero-order chi connectivity index (χ0) is 15.1. The lowest BCUT2D eigenvalue weighted by molar-refractivity contribution is -0.0467. The highest BCUT2D eigenvalue weighted by Gasteiger charge is 2.24. The normalized spacial score (nSPS) is 27.9.